The van der Waals surface area contributed by atoms with Gasteiger partial charge in [-0.15, -0.1) is 0 Å². The van der Waals surface area contributed by atoms with Crippen LogP contribution in [0.2, 0.25) is 0 Å². The second-order valence-electron chi connectivity index (χ2n) is 21.2. The predicted octanol–water partition coefficient (Wildman–Crippen LogP) is 11.0. The molecule has 0 aliphatic carbocycles. The minimum Gasteiger partial charge on any atom is -0.379 e. The Hall–Kier alpha value is -6.38. The number of hydrogen-bond acceptors (Lipinski definition) is 11. The minimum absolute atomic E-state index is 0.0462. The third-order valence-corrected chi connectivity index (χ3v) is 13.1. The van der Waals surface area contributed by atoms with Crippen molar-refractivity contribution in [1.82, 2.24) is 25.8 Å². The van der Waals surface area contributed by atoms with Gasteiger partial charge in [-0.2, -0.15) is 0 Å². The van der Waals surface area contributed by atoms with Gasteiger partial charge in [0.15, 0.2) is 5.78 Å². The summed E-state index contributed by atoms with van der Waals surface area (Å²) in [6.45, 7) is 34.1. The van der Waals surface area contributed by atoms with Crippen LogP contribution in [0.4, 0.5) is 14.5 Å². The molecule has 1 heterocycles. The number of nitrogens with one attached hydrogen (secondary N) is 5. The largest absolute Gasteiger partial charge is 0.379 e. The van der Waals surface area contributed by atoms with E-state index in [9.17, 15) is 37.5 Å². The van der Waals surface area contributed by atoms with Gasteiger partial charge in [-0.25, -0.2) is 8.78 Å². The van der Waals surface area contributed by atoms with Gasteiger partial charge in [0.25, 0.3) is 0 Å². The van der Waals surface area contributed by atoms with Crippen molar-refractivity contribution in [3.8, 4) is 11.1 Å². The van der Waals surface area contributed by atoms with Gasteiger partial charge in [-0.1, -0.05) is 127 Å². The smallest absolute Gasteiger partial charge is 0.246 e. The van der Waals surface area contributed by atoms with Crippen LogP contribution in [0, 0.1) is 28.9 Å². The number of aromatic nitrogens is 1. The Balaban J connectivity index is 0.00000166. The van der Waals surface area contributed by atoms with Gasteiger partial charge in [0.1, 0.15) is 23.7 Å². The third kappa shape index (κ3) is 33.8. The number of amides is 5. The monoisotopic (exact) mass is 1190 g/mol. The highest BCUT2D eigenvalue weighted by Gasteiger charge is 2.28. The van der Waals surface area contributed by atoms with Crippen LogP contribution >= 0.6 is 0 Å². The van der Waals surface area contributed by atoms with Crippen molar-refractivity contribution in [3.63, 3.8) is 0 Å². The molecule has 0 fully saturated rings. The fourth-order valence-corrected chi connectivity index (χ4v) is 7.45. The first-order valence-corrected chi connectivity index (χ1v) is 30.3. The lowest BCUT2D eigenvalue weighted by Crippen LogP contribution is -2.53. The van der Waals surface area contributed by atoms with Gasteiger partial charge in [0.05, 0.1) is 52.9 Å². The zero-order valence-electron chi connectivity index (χ0n) is 53.9. The summed E-state index contributed by atoms with van der Waals surface area (Å²) in [5.41, 5.74) is 9.53. The molecule has 4 atom stereocenters. The summed E-state index contributed by atoms with van der Waals surface area (Å²) in [5, 5.41) is 13.5. The van der Waals surface area contributed by atoms with E-state index in [0.29, 0.717) is 81.7 Å². The molecular weight excluding hydrogens is 1090 g/mol. The minimum atomic E-state index is -0.867. The zero-order chi connectivity index (χ0) is 64.3. The Morgan fingerprint density at radius 3 is 1.74 bits per heavy atom. The first kappa shape index (κ1) is 78.6. The summed E-state index contributed by atoms with van der Waals surface area (Å²) in [4.78, 5) is 72.8. The molecule has 4 unspecified atom stereocenters. The molecule has 0 saturated heterocycles. The highest BCUT2D eigenvalue weighted by molar-refractivity contribution is 5.99. The number of halogens is 2. The average molecular weight is 1190 g/mol. The Morgan fingerprint density at radius 1 is 0.647 bits per heavy atom. The predicted molar refractivity (Wildman–Crippen MR) is 337 cm³/mol. The van der Waals surface area contributed by atoms with E-state index in [2.05, 4.69) is 77.9 Å². The number of benzene rings is 3. The van der Waals surface area contributed by atoms with Crippen molar-refractivity contribution in [3.05, 3.63) is 114 Å². The van der Waals surface area contributed by atoms with Crippen LogP contribution in [-0.2, 0) is 49.5 Å². The number of carbonyl (C=O) groups is 6. The number of nitrogens with two attached hydrogens (primary N) is 1. The van der Waals surface area contributed by atoms with Crippen molar-refractivity contribution in [1.29, 1.82) is 0 Å². The summed E-state index contributed by atoms with van der Waals surface area (Å²) in [6, 6.07) is 20.5. The topological polar surface area (TPSA) is 230 Å². The van der Waals surface area contributed by atoms with Gasteiger partial charge in [-0.3, -0.25) is 28.8 Å². The zero-order valence-corrected chi connectivity index (χ0v) is 53.9. The Bertz CT molecular complexity index is 2480. The van der Waals surface area contributed by atoms with Gasteiger partial charge in [-0.05, 0) is 98.7 Å². The fourth-order valence-electron chi connectivity index (χ4n) is 7.45. The second kappa shape index (κ2) is 45.9. The summed E-state index contributed by atoms with van der Waals surface area (Å²) in [5.74, 6) is -2.41. The molecule has 5 amide bonds. The van der Waals surface area contributed by atoms with Gasteiger partial charge in [0.2, 0.25) is 29.5 Å². The lowest BCUT2D eigenvalue weighted by Gasteiger charge is -2.28. The fraction of sp³-hybridized carbons (Fsp3) is 0.576. The van der Waals surface area contributed by atoms with E-state index in [-0.39, 0.29) is 72.7 Å². The molecule has 0 saturated carbocycles. The summed E-state index contributed by atoms with van der Waals surface area (Å²) in [7, 11) is 0. The van der Waals surface area contributed by atoms with Crippen molar-refractivity contribution in [2.75, 3.05) is 77.8 Å². The molecule has 0 spiro atoms. The summed E-state index contributed by atoms with van der Waals surface area (Å²) in [6.07, 6.45) is 5.34. The number of unbranched alkanes of at least 4 members (excludes halogenated alkanes) is 1. The number of hydrogen-bond donors (Lipinski definition) is 6. The van der Waals surface area contributed by atoms with E-state index in [0.717, 1.165) is 24.7 Å². The van der Waals surface area contributed by atoms with Crippen LogP contribution in [-0.4, -0.2) is 124 Å². The molecule has 478 valence electrons. The SMILES string of the molecule is CC.CC.CC(c1cc(-c2cc(F)ccc2F)cn1Cc1ccccc1)C(C)(C)C.CCC(C)C(=O)NCCC(=O)NCCOCCOCCOCCOCCC(=O)NC(C(=O)NC(C)C(=O)Nc1ccc(C(C)=O)cc1)C(C)C.CCCCN. The van der Waals surface area contributed by atoms with Crippen LogP contribution in [0.3, 0.4) is 0 Å². The maximum absolute atomic E-state index is 14.3. The number of Topliss-reactive ketones (excluding diaryl/α,β-unsaturated/α-hetero) is 1. The van der Waals surface area contributed by atoms with E-state index >= 15 is 0 Å². The van der Waals surface area contributed by atoms with Gasteiger partial charge in [0, 0.05) is 78.6 Å². The molecule has 17 nitrogen and oxygen atoms in total. The van der Waals surface area contributed by atoms with E-state index in [1.54, 1.807) is 45.0 Å². The molecule has 19 heteroatoms. The molecule has 4 aromatic rings. The average Bonchev–Trinajstić information content (AvgIpc) is 2.64. The van der Waals surface area contributed by atoms with Crippen LogP contribution in [0.25, 0.3) is 11.1 Å². The van der Waals surface area contributed by atoms with Crippen LogP contribution in [0.5, 0.6) is 0 Å². The molecule has 0 radical (unpaired) electrons. The highest BCUT2D eigenvalue weighted by atomic mass is 19.1. The molecule has 7 N–H and O–H groups in total. The number of nitrogens with zero attached hydrogens (tertiary/aromatic N) is 1. The highest BCUT2D eigenvalue weighted by Crippen LogP contribution is 2.38. The normalized spacial score (nSPS) is 12.1. The van der Waals surface area contributed by atoms with E-state index < -0.39 is 35.5 Å². The van der Waals surface area contributed by atoms with E-state index in [1.807, 2.05) is 72.0 Å². The summed E-state index contributed by atoms with van der Waals surface area (Å²) < 4.78 is 51.9. The Kier molecular flexibility index (Phi) is 42.5. The Labute approximate surface area is 507 Å². The lowest BCUT2D eigenvalue weighted by atomic mass is 9.80. The lowest BCUT2D eigenvalue weighted by molar-refractivity contribution is -0.132. The van der Waals surface area contributed by atoms with Crippen LogP contribution in [0.15, 0.2) is 85.1 Å². The van der Waals surface area contributed by atoms with Crippen molar-refractivity contribution >= 4 is 41.0 Å². The van der Waals surface area contributed by atoms with E-state index in [1.165, 1.54) is 37.5 Å². The maximum atomic E-state index is 14.3. The molecule has 0 bridgehead atoms. The van der Waals surface area contributed by atoms with Crippen molar-refractivity contribution < 1.29 is 56.5 Å². The number of rotatable bonds is 33. The molecule has 85 heavy (non-hydrogen) atoms. The van der Waals surface area contributed by atoms with Crippen molar-refractivity contribution in [2.24, 2.45) is 23.0 Å². The Morgan fingerprint density at radius 2 is 1.22 bits per heavy atom. The molecule has 0 aliphatic rings. The number of ether oxygens (including phenoxy) is 4. The molecule has 4 rings (SSSR count). The van der Waals surface area contributed by atoms with E-state index in [4.69, 9.17) is 24.7 Å². The molecular formula is C66H105F2N7O10. The number of carbonyl (C=O) groups excluding carboxylic acids is 6. The molecule has 0 aliphatic heterocycles. The first-order valence-electron chi connectivity index (χ1n) is 30.3. The quantitative estimate of drug-likeness (QED) is 0.0194. The van der Waals surface area contributed by atoms with Gasteiger partial charge >= 0.3 is 0 Å². The number of anilines is 1. The third-order valence-electron chi connectivity index (χ3n) is 13.1. The number of ketones is 1. The standard InChI is InChI=1S/C35H57N5O10.C23H25F2N.C4H11N.2C2H6/c1-7-25(4)33(44)37-14-12-30(42)36-15-17-48-19-21-50-23-22-49-20-18-47-16-13-31(43)40-32(24(2)3)35(46)38-26(5)34(45)39-29-10-8-28(9-11-29)27(6)41;1-16(23(2,3)4)22-12-18(20-13-19(24)10-11-21(20)25)15-26(22)14-17-8-6-5-7-9-17;1-2-3-4-5;2*1-2/h8-11,24-26,32H,7,12-23H2,1-6H3,(H,36,42)(H,37,44)(H,38,46)(H,39,45)(H,40,43);5-13,15-16H,14H2,1-4H3;2-5H2,1H3;2*1-2H3. The first-order chi connectivity index (χ1) is 40.5. The van der Waals surface area contributed by atoms with Crippen molar-refractivity contribution in [2.45, 2.75) is 161 Å². The maximum Gasteiger partial charge on any atom is 0.246 e. The van der Waals surface area contributed by atoms with Gasteiger partial charge < -0.3 is 55.8 Å². The molecule has 1 aromatic heterocycles. The second-order valence-corrected chi connectivity index (χ2v) is 21.2. The molecule has 3 aromatic carbocycles. The van der Waals surface area contributed by atoms with Crippen LogP contribution in [0.1, 0.15) is 163 Å². The van der Waals surface area contributed by atoms with Crippen LogP contribution < -0.4 is 32.3 Å². The summed E-state index contributed by atoms with van der Waals surface area (Å²) >= 11 is 0.